The molecule has 32 heavy (non-hydrogen) atoms. The maximum Gasteiger partial charge on any atom is 0.309 e. The van der Waals surface area contributed by atoms with E-state index >= 15 is 0 Å². The maximum atomic E-state index is 13.1. The highest BCUT2D eigenvalue weighted by atomic mass is 32.1. The first-order valence-corrected chi connectivity index (χ1v) is 11.5. The van der Waals surface area contributed by atoms with E-state index in [1.807, 2.05) is 0 Å². The number of aromatic nitrogens is 1. The number of esters is 1. The van der Waals surface area contributed by atoms with Gasteiger partial charge in [0.05, 0.1) is 29.8 Å². The van der Waals surface area contributed by atoms with Crippen LogP contribution >= 0.6 is 11.3 Å². The van der Waals surface area contributed by atoms with Crippen molar-refractivity contribution in [3.05, 3.63) is 51.2 Å². The summed E-state index contributed by atoms with van der Waals surface area (Å²) in [7, 11) is 1.60. The summed E-state index contributed by atoms with van der Waals surface area (Å²) in [6.07, 6.45) is 1.66. The topological polar surface area (TPSA) is 79.8 Å². The lowest BCUT2D eigenvalue weighted by Gasteiger charge is -2.32. The van der Waals surface area contributed by atoms with E-state index in [0.29, 0.717) is 49.5 Å². The normalized spacial score (nSPS) is 14.3. The zero-order valence-electron chi connectivity index (χ0n) is 18.6. The minimum atomic E-state index is -0.295. The zero-order chi connectivity index (χ0) is 23.3. The molecule has 0 atom stereocenters. The molecule has 7 nitrogen and oxygen atoms in total. The fraction of sp³-hybridized carbons (Fsp3) is 0.478. The van der Waals surface area contributed by atoms with Gasteiger partial charge in [0.2, 0.25) is 5.91 Å². The van der Waals surface area contributed by atoms with E-state index < -0.39 is 0 Å². The molecular weight excluding hydrogens is 433 g/mol. The number of aryl methyl sites for hydroxylation is 1. The number of benzene rings is 1. The van der Waals surface area contributed by atoms with Crippen molar-refractivity contribution in [2.45, 2.75) is 33.1 Å². The lowest BCUT2D eigenvalue weighted by Crippen LogP contribution is -2.45. The Bertz CT molecular complexity index is 968. The molecule has 0 spiro atoms. The van der Waals surface area contributed by atoms with Crippen molar-refractivity contribution < 1.29 is 23.5 Å². The van der Waals surface area contributed by atoms with Gasteiger partial charge in [-0.25, -0.2) is 9.37 Å². The highest BCUT2D eigenvalue weighted by Crippen LogP contribution is 2.23. The number of halogens is 1. The molecule has 2 aromatic rings. The summed E-state index contributed by atoms with van der Waals surface area (Å²) in [5.41, 5.74) is 1.53. The Balaban J connectivity index is 1.55. The van der Waals surface area contributed by atoms with Gasteiger partial charge in [-0.3, -0.25) is 14.4 Å². The van der Waals surface area contributed by atoms with Gasteiger partial charge < -0.3 is 14.5 Å². The van der Waals surface area contributed by atoms with Crippen molar-refractivity contribution in [1.82, 2.24) is 14.8 Å². The summed E-state index contributed by atoms with van der Waals surface area (Å²) in [5.74, 6) is -1.06. The van der Waals surface area contributed by atoms with Gasteiger partial charge in [0.25, 0.3) is 5.91 Å². The molecule has 3 rings (SSSR count). The summed E-state index contributed by atoms with van der Waals surface area (Å²) in [5, 5.41) is 0.762. The average Bonchev–Trinajstić information content (AvgIpc) is 3.14. The molecule has 1 aromatic carbocycles. The maximum absolute atomic E-state index is 13.1. The Morgan fingerprint density at radius 3 is 2.50 bits per heavy atom. The number of hydrogen-bond acceptors (Lipinski definition) is 6. The van der Waals surface area contributed by atoms with Gasteiger partial charge >= 0.3 is 5.97 Å². The van der Waals surface area contributed by atoms with Gasteiger partial charge in [-0.15, -0.1) is 11.3 Å². The van der Waals surface area contributed by atoms with Crippen LogP contribution < -0.4 is 0 Å². The van der Waals surface area contributed by atoms with Crippen LogP contribution in [0.4, 0.5) is 4.39 Å². The molecule has 1 aliphatic heterocycles. The molecule has 2 heterocycles. The SMILES string of the molecule is CCOC(=O)C1CCN(C(=O)CN(C)C(=O)c2sc(Cc3ccc(F)cc3)nc2C)CC1. The van der Waals surface area contributed by atoms with Crippen LogP contribution in [0.1, 0.15) is 45.7 Å². The van der Waals surface area contributed by atoms with Crippen molar-refractivity contribution in [3.8, 4) is 0 Å². The lowest BCUT2D eigenvalue weighted by atomic mass is 9.97. The van der Waals surface area contributed by atoms with Crippen molar-refractivity contribution >= 4 is 29.1 Å². The minimum absolute atomic E-state index is 0.0342. The van der Waals surface area contributed by atoms with Gasteiger partial charge in [-0.1, -0.05) is 12.1 Å². The number of piperidine rings is 1. The van der Waals surface area contributed by atoms with E-state index in [9.17, 15) is 18.8 Å². The number of carbonyl (C=O) groups is 3. The Kier molecular flexibility index (Phi) is 7.95. The second kappa shape index (κ2) is 10.7. The lowest BCUT2D eigenvalue weighted by molar-refractivity contribution is -0.151. The van der Waals surface area contributed by atoms with E-state index in [4.69, 9.17) is 4.74 Å². The van der Waals surface area contributed by atoms with E-state index in [0.717, 1.165) is 10.6 Å². The first-order chi connectivity index (χ1) is 15.3. The Morgan fingerprint density at radius 2 is 1.88 bits per heavy atom. The Labute approximate surface area is 191 Å². The molecule has 0 radical (unpaired) electrons. The predicted octanol–water partition coefficient (Wildman–Crippen LogP) is 3.06. The van der Waals surface area contributed by atoms with Crippen LogP contribution in [0, 0.1) is 18.7 Å². The summed E-state index contributed by atoms with van der Waals surface area (Å²) < 4.78 is 18.2. The third-order valence-corrected chi connectivity index (χ3v) is 6.64. The molecule has 0 bridgehead atoms. The second-order valence-electron chi connectivity index (χ2n) is 7.89. The van der Waals surface area contributed by atoms with Crippen molar-refractivity contribution in [1.29, 1.82) is 0 Å². The first kappa shape index (κ1) is 23.8. The summed E-state index contributed by atoms with van der Waals surface area (Å²) in [4.78, 5) is 45.5. The molecule has 0 unspecified atom stereocenters. The fourth-order valence-electron chi connectivity index (χ4n) is 3.68. The molecule has 1 saturated heterocycles. The first-order valence-electron chi connectivity index (χ1n) is 10.7. The third-order valence-electron chi connectivity index (χ3n) is 5.49. The van der Waals surface area contributed by atoms with Crippen LogP contribution in [0.2, 0.25) is 0 Å². The van der Waals surface area contributed by atoms with Gasteiger partial charge in [-0.05, 0) is 44.4 Å². The zero-order valence-corrected chi connectivity index (χ0v) is 19.4. The number of thiazole rings is 1. The van der Waals surface area contributed by atoms with Gasteiger partial charge in [-0.2, -0.15) is 0 Å². The van der Waals surface area contributed by atoms with E-state index in [1.165, 1.54) is 28.4 Å². The van der Waals surface area contributed by atoms with Crippen LogP contribution in [-0.4, -0.2) is 65.9 Å². The van der Waals surface area contributed by atoms with Crippen molar-refractivity contribution in [3.63, 3.8) is 0 Å². The van der Waals surface area contributed by atoms with Crippen LogP contribution in [0.5, 0.6) is 0 Å². The number of ether oxygens (including phenoxy) is 1. The number of likely N-dealkylation sites (N-methyl/N-ethyl adjacent to an activating group) is 1. The number of rotatable bonds is 7. The quantitative estimate of drug-likeness (QED) is 0.592. The third kappa shape index (κ3) is 5.91. The molecule has 1 aliphatic rings. The molecule has 0 N–H and O–H groups in total. The number of amides is 2. The highest BCUT2D eigenvalue weighted by molar-refractivity contribution is 7.13. The molecule has 2 amide bonds. The van der Waals surface area contributed by atoms with Crippen LogP contribution in [0.15, 0.2) is 24.3 Å². The van der Waals surface area contributed by atoms with Crippen molar-refractivity contribution in [2.24, 2.45) is 5.92 Å². The molecule has 172 valence electrons. The van der Waals surface area contributed by atoms with Gasteiger partial charge in [0.15, 0.2) is 0 Å². The van der Waals surface area contributed by atoms with E-state index in [2.05, 4.69) is 4.98 Å². The summed E-state index contributed by atoms with van der Waals surface area (Å²) >= 11 is 1.29. The Morgan fingerprint density at radius 1 is 1.22 bits per heavy atom. The molecule has 9 heteroatoms. The Hall–Kier alpha value is -2.81. The monoisotopic (exact) mass is 461 g/mol. The number of nitrogens with zero attached hydrogens (tertiary/aromatic N) is 3. The van der Waals surface area contributed by atoms with Crippen LogP contribution in [0.25, 0.3) is 0 Å². The van der Waals surface area contributed by atoms with Crippen LogP contribution in [-0.2, 0) is 20.7 Å². The van der Waals surface area contributed by atoms with E-state index in [1.54, 1.807) is 37.9 Å². The highest BCUT2D eigenvalue weighted by Gasteiger charge is 2.29. The van der Waals surface area contributed by atoms with E-state index in [-0.39, 0.29) is 36.1 Å². The average molecular weight is 462 g/mol. The molecular formula is C23H28FN3O4S. The van der Waals surface area contributed by atoms with Crippen molar-refractivity contribution in [2.75, 3.05) is 33.3 Å². The number of likely N-dealkylation sites (tertiary alicyclic amines) is 1. The molecule has 0 saturated carbocycles. The standard InChI is InChI=1S/C23H28FN3O4S/c1-4-31-23(30)17-9-11-27(12-10-17)20(28)14-26(3)22(29)21-15(2)25-19(32-21)13-16-5-7-18(24)8-6-16/h5-8,17H,4,9-14H2,1-3H3. The number of hydrogen-bond donors (Lipinski definition) is 0. The molecule has 0 aliphatic carbocycles. The summed E-state index contributed by atoms with van der Waals surface area (Å²) in [6.45, 7) is 4.83. The molecule has 1 fully saturated rings. The predicted molar refractivity (Wildman–Crippen MR) is 119 cm³/mol. The van der Waals surface area contributed by atoms with Gasteiger partial charge in [0, 0.05) is 26.6 Å². The van der Waals surface area contributed by atoms with Crippen LogP contribution in [0.3, 0.4) is 0 Å². The largest absolute Gasteiger partial charge is 0.466 e. The smallest absolute Gasteiger partial charge is 0.309 e. The number of carbonyl (C=O) groups excluding carboxylic acids is 3. The summed E-state index contributed by atoms with van der Waals surface area (Å²) in [6, 6.07) is 6.19. The second-order valence-corrected chi connectivity index (χ2v) is 8.98. The fourth-order valence-corrected chi connectivity index (χ4v) is 4.77. The minimum Gasteiger partial charge on any atom is -0.466 e. The molecule has 1 aromatic heterocycles. The van der Waals surface area contributed by atoms with Gasteiger partial charge in [0.1, 0.15) is 10.7 Å².